The number of aliphatic carboxylic acids is 1. The number of nitrogens with zero attached hydrogens (tertiary/aromatic N) is 1. The fraction of sp³-hybridized carbons (Fsp3) is 0.867. The Bertz CT molecular complexity index is 366. The van der Waals surface area contributed by atoms with Crippen molar-refractivity contribution >= 4 is 12.0 Å². The number of amides is 2. The molecule has 2 amide bonds. The lowest BCUT2D eigenvalue weighted by atomic mass is 9.82. The van der Waals surface area contributed by atoms with Gasteiger partial charge in [0, 0.05) is 19.6 Å². The van der Waals surface area contributed by atoms with Crippen LogP contribution in [0.1, 0.15) is 53.4 Å². The third kappa shape index (κ3) is 3.44. The van der Waals surface area contributed by atoms with Crippen LogP contribution in [-0.4, -0.2) is 41.6 Å². The van der Waals surface area contributed by atoms with Crippen molar-refractivity contribution in [1.82, 2.24) is 10.2 Å². The largest absolute Gasteiger partial charge is 0.481 e. The first kappa shape index (κ1) is 16.8. The lowest BCUT2D eigenvalue weighted by Crippen LogP contribution is -2.46. The molecule has 0 aliphatic carbocycles. The number of carbonyl (C=O) groups excluding carboxylic acids is 1. The predicted octanol–water partition coefficient (Wildman–Crippen LogP) is 2.71. The molecule has 116 valence electrons. The third-order valence-corrected chi connectivity index (χ3v) is 5.15. The minimum absolute atomic E-state index is 0.130. The molecule has 0 aromatic heterocycles. The summed E-state index contributed by atoms with van der Waals surface area (Å²) in [6.07, 6.45) is 3.69. The Balaban J connectivity index is 2.55. The van der Waals surface area contributed by atoms with Crippen molar-refractivity contribution in [2.45, 2.75) is 53.4 Å². The molecular formula is C15H28N2O3. The Morgan fingerprint density at radius 2 is 1.90 bits per heavy atom. The SMILES string of the molecule is CCC1(CC)CCN(C(=O)NCC(C)(CC)C(=O)O)C1. The number of hydrogen-bond donors (Lipinski definition) is 2. The van der Waals surface area contributed by atoms with E-state index in [1.165, 1.54) is 0 Å². The third-order valence-electron chi connectivity index (χ3n) is 5.15. The normalized spacial score (nSPS) is 20.5. The molecule has 1 atom stereocenters. The lowest BCUT2D eigenvalue weighted by molar-refractivity contribution is -0.147. The van der Waals surface area contributed by atoms with Crippen LogP contribution in [0.25, 0.3) is 0 Å². The summed E-state index contributed by atoms with van der Waals surface area (Å²) in [5.41, 5.74) is -0.639. The fourth-order valence-electron chi connectivity index (χ4n) is 2.67. The van der Waals surface area contributed by atoms with Crippen molar-refractivity contribution < 1.29 is 14.7 Å². The van der Waals surface area contributed by atoms with Gasteiger partial charge in [-0.05, 0) is 38.0 Å². The molecular weight excluding hydrogens is 256 g/mol. The van der Waals surface area contributed by atoms with Gasteiger partial charge in [-0.1, -0.05) is 20.8 Å². The molecule has 1 unspecified atom stereocenters. The molecule has 2 N–H and O–H groups in total. The van der Waals surface area contributed by atoms with Crippen LogP contribution in [0.15, 0.2) is 0 Å². The first-order valence-corrected chi connectivity index (χ1v) is 7.58. The van der Waals surface area contributed by atoms with E-state index in [0.29, 0.717) is 6.42 Å². The summed E-state index contributed by atoms with van der Waals surface area (Å²) in [5, 5.41) is 12.0. The Hall–Kier alpha value is -1.26. The zero-order valence-electron chi connectivity index (χ0n) is 13.2. The number of rotatable bonds is 6. The fourth-order valence-corrected chi connectivity index (χ4v) is 2.67. The van der Waals surface area contributed by atoms with E-state index in [1.807, 2.05) is 11.8 Å². The minimum atomic E-state index is -0.887. The van der Waals surface area contributed by atoms with Gasteiger partial charge in [-0.15, -0.1) is 0 Å². The Kier molecular flexibility index (Phi) is 5.42. The van der Waals surface area contributed by atoms with Gasteiger partial charge in [0.05, 0.1) is 5.41 Å². The smallest absolute Gasteiger partial charge is 0.317 e. The standard InChI is InChI=1S/C15H28N2O3/c1-5-14(4,12(18)19)10-16-13(20)17-9-8-15(6-2,7-3)11-17/h5-11H2,1-4H3,(H,16,20)(H,18,19). The van der Waals surface area contributed by atoms with Gasteiger partial charge in [-0.3, -0.25) is 4.79 Å². The topological polar surface area (TPSA) is 69.6 Å². The van der Waals surface area contributed by atoms with Gasteiger partial charge in [-0.2, -0.15) is 0 Å². The van der Waals surface area contributed by atoms with Gasteiger partial charge in [0.25, 0.3) is 0 Å². The predicted molar refractivity (Wildman–Crippen MR) is 78.6 cm³/mol. The molecule has 1 rings (SSSR count). The van der Waals surface area contributed by atoms with Crippen molar-refractivity contribution in [2.75, 3.05) is 19.6 Å². The molecule has 0 spiro atoms. The van der Waals surface area contributed by atoms with E-state index in [9.17, 15) is 14.7 Å². The van der Waals surface area contributed by atoms with Gasteiger partial charge in [-0.25, -0.2) is 4.79 Å². The van der Waals surface area contributed by atoms with Gasteiger partial charge in [0.2, 0.25) is 0 Å². The van der Waals surface area contributed by atoms with Crippen LogP contribution < -0.4 is 5.32 Å². The summed E-state index contributed by atoms with van der Waals surface area (Å²) < 4.78 is 0. The van der Waals surface area contributed by atoms with Gasteiger partial charge < -0.3 is 15.3 Å². The van der Waals surface area contributed by atoms with Crippen molar-refractivity contribution in [2.24, 2.45) is 10.8 Å². The molecule has 0 radical (unpaired) electrons. The van der Waals surface area contributed by atoms with Crippen LogP contribution in [-0.2, 0) is 4.79 Å². The molecule has 0 bridgehead atoms. The van der Waals surface area contributed by atoms with Crippen LogP contribution in [0, 0.1) is 10.8 Å². The van der Waals surface area contributed by atoms with Gasteiger partial charge in [0.15, 0.2) is 0 Å². The first-order chi connectivity index (χ1) is 9.32. The first-order valence-electron chi connectivity index (χ1n) is 7.58. The van der Waals surface area contributed by atoms with Crippen LogP contribution in [0.5, 0.6) is 0 Å². The van der Waals surface area contributed by atoms with Crippen molar-refractivity contribution in [3.63, 3.8) is 0 Å². The summed E-state index contributed by atoms with van der Waals surface area (Å²) in [6, 6.07) is -0.130. The Morgan fingerprint density at radius 3 is 2.30 bits per heavy atom. The lowest BCUT2D eigenvalue weighted by Gasteiger charge is -2.28. The average molecular weight is 284 g/mol. The molecule has 1 aliphatic heterocycles. The zero-order valence-corrected chi connectivity index (χ0v) is 13.2. The average Bonchev–Trinajstić information content (AvgIpc) is 2.89. The number of carboxylic acids is 1. The van der Waals surface area contributed by atoms with Crippen LogP contribution in [0.2, 0.25) is 0 Å². The second-order valence-corrected chi connectivity index (χ2v) is 6.26. The highest BCUT2D eigenvalue weighted by atomic mass is 16.4. The maximum Gasteiger partial charge on any atom is 0.317 e. The highest BCUT2D eigenvalue weighted by Crippen LogP contribution is 2.36. The molecule has 0 saturated carbocycles. The van der Waals surface area contributed by atoms with E-state index in [4.69, 9.17) is 0 Å². The van der Waals surface area contributed by atoms with E-state index in [-0.39, 0.29) is 18.0 Å². The number of carbonyl (C=O) groups is 2. The second-order valence-electron chi connectivity index (χ2n) is 6.26. The minimum Gasteiger partial charge on any atom is -0.481 e. The molecule has 5 nitrogen and oxygen atoms in total. The highest BCUT2D eigenvalue weighted by molar-refractivity contribution is 5.78. The molecule has 1 heterocycles. The van der Waals surface area contributed by atoms with Crippen LogP contribution in [0.4, 0.5) is 4.79 Å². The molecule has 0 aromatic rings. The maximum atomic E-state index is 12.2. The van der Waals surface area contributed by atoms with Crippen LogP contribution in [0.3, 0.4) is 0 Å². The quantitative estimate of drug-likeness (QED) is 0.788. The summed E-state index contributed by atoms with van der Waals surface area (Å²) in [7, 11) is 0. The van der Waals surface area contributed by atoms with E-state index in [0.717, 1.165) is 32.4 Å². The second kappa shape index (κ2) is 6.46. The molecule has 1 saturated heterocycles. The summed E-state index contributed by atoms with van der Waals surface area (Å²) in [5.74, 6) is -0.863. The van der Waals surface area contributed by atoms with E-state index < -0.39 is 11.4 Å². The number of nitrogens with one attached hydrogen (secondary N) is 1. The van der Waals surface area contributed by atoms with E-state index in [1.54, 1.807) is 6.92 Å². The highest BCUT2D eigenvalue weighted by Gasteiger charge is 2.38. The summed E-state index contributed by atoms with van der Waals surface area (Å²) >= 11 is 0. The van der Waals surface area contributed by atoms with Crippen molar-refractivity contribution in [3.8, 4) is 0 Å². The van der Waals surface area contributed by atoms with E-state index >= 15 is 0 Å². The summed E-state index contributed by atoms with van der Waals surface area (Å²) in [4.78, 5) is 25.2. The zero-order chi connectivity index (χ0) is 15.4. The van der Waals surface area contributed by atoms with Crippen LogP contribution >= 0.6 is 0 Å². The number of likely N-dealkylation sites (tertiary alicyclic amines) is 1. The molecule has 0 aromatic carbocycles. The van der Waals surface area contributed by atoms with Gasteiger partial charge in [0.1, 0.15) is 0 Å². The molecule has 1 aliphatic rings. The van der Waals surface area contributed by atoms with Gasteiger partial charge >= 0.3 is 12.0 Å². The van der Waals surface area contributed by atoms with Crippen molar-refractivity contribution in [1.29, 1.82) is 0 Å². The number of hydrogen-bond acceptors (Lipinski definition) is 2. The number of carboxylic acid groups (broad SMARTS) is 1. The van der Waals surface area contributed by atoms with Crippen molar-refractivity contribution in [3.05, 3.63) is 0 Å². The molecule has 1 fully saturated rings. The molecule has 20 heavy (non-hydrogen) atoms. The Labute approximate surface area is 121 Å². The monoisotopic (exact) mass is 284 g/mol. The Morgan fingerprint density at radius 1 is 1.30 bits per heavy atom. The summed E-state index contributed by atoms with van der Waals surface area (Å²) in [6.45, 7) is 9.56. The maximum absolute atomic E-state index is 12.2. The van der Waals surface area contributed by atoms with E-state index in [2.05, 4.69) is 19.2 Å². The number of urea groups is 1. The molecule has 5 heteroatoms.